The summed E-state index contributed by atoms with van der Waals surface area (Å²) in [6.07, 6.45) is 4.52. The lowest BCUT2D eigenvalue weighted by Gasteiger charge is -2.32. The Morgan fingerprint density at radius 1 is 1.19 bits per heavy atom. The van der Waals surface area contributed by atoms with E-state index in [1.165, 1.54) is 30.3 Å². The molecule has 282 valence electrons. The first-order chi connectivity index (χ1) is 24.6. The highest BCUT2D eigenvalue weighted by molar-refractivity contribution is 7.91. The predicted octanol–water partition coefficient (Wildman–Crippen LogP) is 3.20. The van der Waals surface area contributed by atoms with Crippen molar-refractivity contribution in [3.63, 3.8) is 0 Å². The van der Waals surface area contributed by atoms with Crippen LogP contribution in [0.1, 0.15) is 58.8 Å². The molecule has 2 saturated carbocycles. The third kappa shape index (κ3) is 7.11. The van der Waals surface area contributed by atoms with Gasteiger partial charge >= 0.3 is 6.09 Å². The number of hydrogen-bond donors (Lipinski definition) is 4. The van der Waals surface area contributed by atoms with Crippen LogP contribution < -0.4 is 24.8 Å². The molecule has 2 aromatic rings. The Hall–Kier alpha value is -4.54. The van der Waals surface area contributed by atoms with E-state index in [0.717, 1.165) is 0 Å². The number of carbonyl (C=O) groups excluding carboxylic acids is 3. The second kappa shape index (κ2) is 14.1. The fourth-order valence-corrected chi connectivity index (χ4v) is 8.86. The van der Waals surface area contributed by atoms with Crippen LogP contribution in [0.4, 0.5) is 13.6 Å². The van der Waals surface area contributed by atoms with Gasteiger partial charge in [-0.3, -0.25) is 19.1 Å². The molecule has 0 radical (unpaired) electrons. The predicted molar refractivity (Wildman–Crippen MR) is 183 cm³/mol. The van der Waals surface area contributed by atoms with Gasteiger partial charge in [-0.15, -0.1) is 0 Å². The second-order valence-electron chi connectivity index (χ2n) is 14.6. The lowest BCUT2D eigenvalue weighted by atomic mass is 9.88. The van der Waals surface area contributed by atoms with E-state index >= 15 is 0 Å². The van der Waals surface area contributed by atoms with Crippen LogP contribution in [-0.2, 0) is 24.4 Å². The van der Waals surface area contributed by atoms with Crippen molar-refractivity contribution in [2.45, 2.75) is 87.3 Å². The molecule has 1 aromatic heterocycles. The van der Waals surface area contributed by atoms with Gasteiger partial charge in [0, 0.05) is 23.9 Å². The summed E-state index contributed by atoms with van der Waals surface area (Å²) < 4.78 is 66.3. The number of benzene rings is 1. The van der Waals surface area contributed by atoms with Crippen LogP contribution in [0, 0.1) is 23.6 Å². The van der Waals surface area contributed by atoms with Gasteiger partial charge in [-0.2, -0.15) is 0 Å². The molecule has 17 heteroatoms. The first-order valence-electron chi connectivity index (χ1n) is 17.3. The van der Waals surface area contributed by atoms with Crippen molar-refractivity contribution in [1.82, 2.24) is 25.2 Å². The average molecular weight is 748 g/mol. The highest BCUT2D eigenvalue weighted by Crippen LogP contribution is 2.48. The largest absolute Gasteiger partial charge is 0.494 e. The first kappa shape index (κ1) is 37.2. The van der Waals surface area contributed by atoms with Gasteiger partial charge in [0.1, 0.15) is 35.1 Å². The topological polar surface area (TPSA) is 193 Å². The van der Waals surface area contributed by atoms with Crippen molar-refractivity contribution >= 4 is 44.6 Å². The van der Waals surface area contributed by atoms with E-state index in [1.54, 1.807) is 19.1 Å². The van der Waals surface area contributed by atoms with Crippen LogP contribution in [0.25, 0.3) is 10.8 Å². The molecule has 0 unspecified atom stereocenters. The summed E-state index contributed by atoms with van der Waals surface area (Å²) in [5.74, 6) is -4.11. The van der Waals surface area contributed by atoms with Gasteiger partial charge in [0.2, 0.25) is 27.7 Å². The lowest BCUT2D eigenvalue weighted by Crippen LogP contribution is -2.59. The molecule has 1 saturated heterocycles. The number of sulfonamides is 1. The number of pyridine rings is 1. The van der Waals surface area contributed by atoms with Crippen LogP contribution in [0.5, 0.6) is 11.6 Å². The number of methoxy groups -OCH3 is 1. The molecule has 3 fully saturated rings. The van der Waals surface area contributed by atoms with Gasteiger partial charge in [-0.1, -0.05) is 26.0 Å². The molecule has 52 heavy (non-hydrogen) atoms. The quantitative estimate of drug-likeness (QED) is 0.292. The third-order valence-electron chi connectivity index (χ3n) is 10.8. The Morgan fingerprint density at radius 2 is 1.94 bits per heavy atom. The number of nitrogens with zero attached hydrogens (tertiary/aromatic N) is 2. The fourth-order valence-electron chi connectivity index (χ4n) is 7.44. The molecular weight excluding hydrogens is 704 g/mol. The standard InChI is InChI=1S/C35H43F2N5O9S/c1-19-6-4-5-7-22-16-35(22,32(45)41-52(48,49)34(18-36)9-10-34)40-29(43)26-14-23(17-42(26)31(44)28(20(2)12-19)39-33(46)47)51-30-24-15-25(37)27(50-3)13-21(24)8-11-38-30/h5,7-8,11,13,15,19-20,22-23,26,28,39H,4,6,9-10,12,14,16-18H2,1-3H3,(H,40,43)(H,41,45)(H,46,47)/t19-,20+,22+,23+,26-,28-,35+/m0/s1. The van der Waals surface area contributed by atoms with Gasteiger partial charge in [0.05, 0.1) is 13.7 Å². The summed E-state index contributed by atoms with van der Waals surface area (Å²) in [5.41, 5.74) is -1.70. The average Bonchev–Trinajstić information content (AvgIpc) is 4.00. The molecule has 1 aromatic carbocycles. The van der Waals surface area contributed by atoms with E-state index in [2.05, 4.69) is 15.6 Å². The number of carbonyl (C=O) groups is 4. The third-order valence-corrected chi connectivity index (χ3v) is 12.9. The number of nitrogens with one attached hydrogen (secondary N) is 3. The van der Waals surface area contributed by atoms with E-state index in [9.17, 15) is 41.5 Å². The highest BCUT2D eigenvalue weighted by atomic mass is 32.2. The molecule has 4 aliphatic rings. The minimum absolute atomic E-state index is 0.00933. The monoisotopic (exact) mass is 747 g/mol. The maximum absolute atomic E-state index is 14.8. The zero-order valence-electron chi connectivity index (χ0n) is 29.1. The zero-order valence-corrected chi connectivity index (χ0v) is 29.9. The Kier molecular flexibility index (Phi) is 10.1. The van der Waals surface area contributed by atoms with Crippen molar-refractivity contribution in [2.75, 3.05) is 20.3 Å². The molecular formula is C35H43F2N5O9S. The van der Waals surface area contributed by atoms with Gasteiger partial charge in [-0.05, 0) is 73.9 Å². The Balaban J connectivity index is 1.34. The maximum atomic E-state index is 14.8. The van der Waals surface area contributed by atoms with Gasteiger partial charge in [0.25, 0.3) is 5.91 Å². The fraction of sp³-hybridized carbons (Fsp3) is 0.571. The molecule has 7 atom stereocenters. The molecule has 3 heterocycles. The zero-order chi connectivity index (χ0) is 37.6. The molecule has 2 aliphatic heterocycles. The molecule has 4 N–H and O–H groups in total. The number of hydrogen-bond acceptors (Lipinski definition) is 9. The van der Waals surface area contributed by atoms with E-state index in [0.29, 0.717) is 30.0 Å². The van der Waals surface area contributed by atoms with Crippen molar-refractivity contribution in [3.8, 4) is 11.6 Å². The van der Waals surface area contributed by atoms with Crippen molar-refractivity contribution in [2.24, 2.45) is 17.8 Å². The molecule has 2 aliphatic carbocycles. The summed E-state index contributed by atoms with van der Waals surface area (Å²) in [5, 5.41) is 15.6. The summed E-state index contributed by atoms with van der Waals surface area (Å²) in [7, 11) is -3.08. The highest BCUT2D eigenvalue weighted by Gasteiger charge is 2.64. The molecule has 4 amide bonds. The lowest BCUT2D eigenvalue weighted by molar-refractivity contribution is -0.142. The van der Waals surface area contributed by atoms with E-state index in [1.807, 2.05) is 17.7 Å². The van der Waals surface area contributed by atoms with E-state index < -0.39 is 86.6 Å². The Labute approximate surface area is 299 Å². The number of allylic oxidation sites excluding steroid dienone is 1. The smallest absolute Gasteiger partial charge is 0.405 e. The first-order valence-corrected chi connectivity index (χ1v) is 18.8. The summed E-state index contributed by atoms with van der Waals surface area (Å²) in [6.45, 7) is 2.38. The van der Waals surface area contributed by atoms with E-state index in [4.69, 9.17) is 9.47 Å². The normalized spacial score (nSPS) is 30.2. The number of ether oxygens (including phenoxy) is 2. The van der Waals surface area contributed by atoms with Crippen LogP contribution in [0.3, 0.4) is 0 Å². The minimum Gasteiger partial charge on any atom is -0.494 e. The Bertz CT molecular complexity index is 1910. The number of fused-ring (bicyclic) bond motifs is 3. The second-order valence-corrected chi connectivity index (χ2v) is 16.7. The van der Waals surface area contributed by atoms with Crippen LogP contribution in [-0.4, -0.2) is 96.0 Å². The van der Waals surface area contributed by atoms with Crippen molar-refractivity contribution < 1.29 is 51.0 Å². The molecule has 0 spiro atoms. The SMILES string of the molecule is COc1cc2ccnc(O[C@@H]3C[C@H]4C(=O)N[C@]5(C(=O)NS(=O)(=O)C6(CF)CC6)C[C@H]5C=CCC[C@H](C)C[C@@H](C)[C@H](NC(=O)O)C(=O)N4C3)c2cc1F. The Morgan fingerprint density at radius 3 is 2.62 bits per heavy atom. The minimum atomic E-state index is -4.41. The van der Waals surface area contributed by atoms with Crippen LogP contribution in [0.15, 0.2) is 36.5 Å². The number of aromatic nitrogens is 1. The van der Waals surface area contributed by atoms with E-state index in [-0.39, 0.29) is 49.8 Å². The summed E-state index contributed by atoms with van der Waals surface area (Å²) in [4.78, 5) is 59.7. The summed E-state index contributed by atoms with van der Waals surface area (Å²) in [6, 6.07) is 1.78. The van der Waals surface area contributed by atoms with Crippen molar-refractivity contribution in [1.29, 1.82) is 0 Å². The number of carboxylic acid groups (broad SMARTS) is 1. The number of amides is 4. The van der Waals surface area contributed by atoms with Crippen LogP contribution >= 0.6 is 0 Å². The number of rotatable bonds is 8. The number of alkyl halides is 1. The van der Waals surface area contributed by atoms with Crippen molar-refractivity contribution in [3.05, 3.63) is 42.4 Å². The van der Waals surface area contributed by atoms with Gasteiger partial charge in [-0.25, -0.2) is 27.0 Å². The molecule has 6 rings (SSSR count). The molecule has 14 nitrogen and oxygen atoms in total. The summed E-state index contributed by atoms with van der Waals surface area (Å²) >= 11 is 0. The van der Waals surface area contributed by atoms with Crippen LogP contribution in [0.2, 0.25) is 0 Å². The maximum Gasteiger partial charge on any atom is 0.405 e. The molecule has 0 bridgehead atoms. The van der Waals surface area contributed by atoms with Gasteiger partial charge in [0.15, 0.2) is 11.6 Å². The van der Waals surface area contributed by atoms with Gasteiger partial charge < -0.3 is 30.1 Å². The number of halogens is 2.